The quantitative estimate of drug-likeness (QED) is 0.568. The van der Waals surface area contributed by atoms with Crippen molar-refractivity contribution >= 4 is 29.8 Å². The van der Waals surface area contributed by atoms with Gasteiger partial charge in [0, 0.05) is 5.56 Å². The fraction of sp³-hybridized carbons (Fsp3) is 0.235. The van der Waals surface area contributed by atoms with Crippen molar-refractivity contribution < 1.29 is 14.0 Å². The Hall–Kier alpha value is -2.54. The van der Waals surface area contributed by atoms with Gasteiger partial charge in [-0.3, -0.25) is 9.59 Å². The molecule has 0 spiro atoms. The Bertz CT molecular complexity index is 672. The number of nitrogens with one attached hydrogen (secondary N) is 2. The van der Waals surface area contributed by atoms with E-state index >= 15 is 0 Å². The van der Waals surface area contributed by atoms with Gasteiger partial charge in [0.15, 0.2) is 0 Å². The molecule has 1 unspecified atom stereocenters. The Balaban J connectivity index is 1.95. The highest BCUT2D eigenvalue weighted by Crippen LogP contribution is 2.04. The summed E-state index contributed by atoms with van der Waals surface area (Å²) in [6, 6.07) is 11.6. The highest BCUT2D eigenvalue weighted by molar-refractivity contribution is 7.98. The number of thioether (sulfide) groups is 1. The molecule has 1 aromatic heterocycles. The largest absolute Gasteiger partial charge is 0.463 e. The minimum Gasteiger partial charge on any atom is -0.463 e. The molecule has 0 aliphatic carbocycles. The Morgan fingerprint density at radius 3 is 2.71 bits per heavy atom. The number of carbonyl (C=O) groups excluding carboxylic acids is 2. The molecule has 6 nitrogen and oxygen atoms in total. The normalized spacial score (nSPS) is 12.0. The highest BCUT2D eigenvalue weighted by Gasteiger charge is 2.20. The lowest BCUT2D eigenvalue weighted by molar-refractivity contribution is -0.123. The molecule has 0 aliphatic rings. The Morgan fingerprint density at radius 1 is 1.25 bits per heavy atom. The molecule has 7 heteroatoms. The first-order valence-electron chi connectivity index (χ1n) is 7.42. The number of nitrogens with zero attached hydrogens (tertiary/aromatic N) is 1. The third-order valence-electron chi connectivity index (χ3n) is 3.18. The first-order chi connectivity index (χ1) is 11.7. The van der Waals surface area contributed by atoms with Crippen molar-refractivity contribution in [3.8, 4) is 0 Å². The standard InChI is InChI=1S/C17H19N3O3S/c1-24-11-9-15(19-16(21)13-6-3-2-4-7-13)17(22)20-18-12-14-8-5-10-23-14/h2-8,10,12,15H,9,11H2,1H3,(H,19,21)(H,20,22). The molecular formula is C17H19N3O3S. The van der Waals surface area contributed by atoms with E-state index in [1.807, 2.05) is 12.3 Å². The second-order valence-corrected chi connectivity index (χ2v) is 5.91. The van der Waals surface area contributed by atoms with Gasteiger partial charge in [0.2, 0.25) is 0 Å². The van der Waals surface area contributed by atoms with E-state index in [-0.39, 0.29) is 11.8 Å². The topological polar surface area (TPSA) is 83.7 Å². The molecule has 0 aliphatic heterocycles. The maximum atomic E-state index is 12.3. The van der Waals surface area contributed by atoms with Gasteiger partial charge in [-0.15, -0.1) is 0 Å². The number of hydrogen-bond donors (Lipinski definition) is 2. The first kappa shape index (κ1) is 17.8. The third-order valence-corrected chi connectivity index (χ3v) is 3.82. The Kier molecular flexibility index (Phi) is 7.10. The summed E-state index contributed by atoms with van der Waals surface area (Å²) in [5, 5.41) is 6.60. The van der Waals surface area contributed by atoms with Crippen molar-refractivity contribution in [3.05, 3.63) is 60.1 Å². The van der Waals surface area contributed by atoms with Crippen LogP contribution in [0.5, 0.6) is 0 Å². The molecule has 1 aromatic carbocycles. The van der Waals surface area contributed by atoms with Crippen LogP contribution in [-0.4, -0.2) is 36.1 Å². The number of rotatable bonds is 8. The number of carbonyl (C=O) groups is 2. The van der Waals surface area contributed by atoms with Crippen molar-refractivity contribution in [2.75, 3.05) is 12.0 Å². The van der Waals surface area contributed by atoms with Gasteiger partial charge < -0.3 is 9.73 Å². The Morgan fingerprint density at radius 2 is 2.04 bits per heavy atom. The smallest absolute Gasteiger partial charge is 0.262 e. The van der Waals surface area contributed by atoms with Crippen LogP contribution < -0.4 is 10.7 Å². The van der Waals surface area contributed by atoms with E-state index in [0.717, 1.165) is 5.75 Å². The molecule has 0 saturated carbocycles. The van der Waals surface area contributed by atoms with Crippen LogP contribution in [0.3, 0.4) is 0 Å². The number of furan rings is 1. The number of amides is 2. The van der Waals surface area contributed by atoms with Crippen LogP contribution in [0.25, 0.3) is 0 Å². The predicted molar refractivity (Wildman–Crippen MR) is 95.1 cm³/mol. The van der Waals surface area contributed by atoms with Crippen LogP contribution in [0.15, 0.2) is 58.2 Å². The molecule has 1 heterocycles. The zero-order valence-electron chi connectivity index (χ0n) is 13.3. The monoisotopic (exact) mass is 345 g/mol. The van der Waals surface area contributed by atoms with Crippen molar-refractivity contribution in [1.29, 1.82) is 0 Å². The van der Waals surface area contributed by atoms with E-state index in [0.29, 0.717) is 17.7 Å². The zero-order valence-corrected chi connectivity index (χ0v) is 14.1. The van der Waals surface area contributed by atoms with Crippen LogP contribution in [-0.2, 0) is 4.79 Å². The summed E-state index contributed by atoms with van der Waals surface area (Å²) in [5.41, 5.74) is 2.95. The van der Waals surface area contributed by atoms with E-state index in [1.54, 1.807) is 48.2 Å². The van der Waals surface area contributed by atoms with Gasteiger partial charge in [0.1, 0.15) is 11.8 Å². The van der Waals surface area contributed by atoms with Crippen molar-refractivity contribution in [3.63, 3.8) is 0 Å². The number of hydrogen-bond acceptors (Lipinski definition) is 5. The summed E-state index contributed by atoms with van der Waals surface area (Å²) in [6.07, 6.45) is 5.39. The lowest BCUT2D eigenvalue weighted by Gasteiger charge is -2.16. The molecule has 0 bridgehead atoms. The van der Waals surface area contributed by atoms with Gasteiger partial charge in [-0.25, -0.2) is 5.43 Å². The highest BCUT2D eigenvalue weighted by atomic mass is 32.2. The molecule has 2 aromatic rings. The molecule has 2 amide bonds. The number of benzene rings is 1. The molecule has 2 N–H and O–H groups in total. The van der Waals surface area contributed by atoms with E-state index in [2.05, 4.69) is 15.8 Å². The predicted octanol–water partition coefficient (Wildman–Crippen LogP) is 2.28. The van der Waals surface area contributed by atoms with Gasteiger partial charge in [-0.1, -0.05) is 18.2 Å². The van der Waals surface area contributed by atoms with E-state index < -0.39 is 6.04 Å². The first-order valence-corrected chi connectivity index (χ1v) is 8.81. The summed E-state index contributed by atoms with van der Waals surface area (Å²) >= 11 is 1.61. The van der Waals surface area contributed by atoms with Crippen LogP contribution >= 0.6 is 11.8 Å². The van der Waals surface area contributed by atoms with Gasteiger partial charge in [0.05, 0.1) is 12.5 Å². The van der Waals surface area contributed by atoms with Crippen LogP contribution in [0.4, 0.5) is 0 Å². The minimum absolute atomic E-state index is 0.285. The molecule has 1 atom stereocenters. The fourth-order valence-corrected chi connectivity index (χ4v) is 2.41. The molecule has 126 valence electrons. The zero-order chi connectivity index (χ0) is 17.2. The molecule has 0 radical (unpaired) electrons. The fourth-order valence-electron chi connectivity index (χ4n) is 1.94. The second kappa shape index (κ2) is 9.57. The van der Waals surface area contributed by atoms with E-state index in [1.165, 1.54) is 12.5 Å². The van der Waals surface area contributed by atoms with Crippen LogP contribution in [0.1, 0.15) is 22.5 Å². The maximum Gasteiger partial charge on any atom is 0.262 e. The minimum atomic E-state index is -0.654. The molecule has 24 heavy (non-hydrogen) atoms. The third kappa shape index (κ3) is 5.58. The van der Waals surface area contributed by atoms with Gasteiger partial charge in [0.25, 0.3) is 11.8 Å². The molecule has 0 saturated heterocycles. The van der Waals surface area contributed by atoms with E-state index in [9.17, 15) is 9.59 Å². The van der Waals surface area contributed by atoms with Crippen LogP contribution in [0.2, 0.25) is 0 Å². The SMILES string of the molecule is CSCCC(NC(=O)c1ccccc1)C(=O)NN=Cc1ccco1. The van der Waals surface area contributed by atoms with Crippen LogP contribution in [0, 0.1) is 0 Å². The molecule has 2 rings (SSSR count). The van der Waals surface area contributed by atoms with E-state index in [4.69, 9.17) is 4.42 Å². The maximum absolute atomic E-state index is 12.3. The lowest BCUT2D eigenvalue weighted by Crippen LogP contribution is -2.45. The Labute approximate surface area is 144 Å². The summed E-state index contributed by atoms with van der Waals surface area (Å²) in [6.45, 7) is 0. The summed E-state index contributed by atoms with van der Waals surface area (Å²) in [7, 11) is 0. The lowest BCUT2D eigenvalue weighted by atomic mass is 10.1. The molecule has 0 fully saturated rings. The van der Waals surface area contributed by atoms with Gasteiger partial charge in [-0.05, 0) is 42.7 Å². The van der Waals surface area contributed by atoms with Gasteiger partial charge >= 0.3 is 0 Å². The van der Waals surface area contributed by atoms with Gasteiger partial charge in [-0.2, -0.15) is 16.9 Å². The van der Waals surface area contributed by atoms with Crippen molar-refractivity contribution in [1.82, 2.24) is 10.7 Å². The summed E-state index contributed by atoms with van der Waals surface area (Å²) in [5.74, 6) is 0.627. The summed E-state index contributed by atoms with van der Waals surface area (Å²) in [4.78, 5) is 24.5. The van der Waals surface area contributed by atoms with Crippen molar-refractivity contribution in [2.45, 2.75) is 12.5 Å². The second-order valence-electron chi connectivity index (χ2n) is 4.92. The molecular weight excluding hydrogens is 326 g/mol. The summed E-state index contributed by atoms with van der Waals surface area (Å²) < 4.78 is 5.09. The average Bonchev–Trinajstić information content (AvgIpc) is 3.12. The number of hydrazone groups is 1. The van der Waals surface area contributed by atoms with Crippen molar-refractivity contribution in [2.24, 2.45) is 5.10 Å². The average molecular weight is 345 g/mol.